The second-order valence-electron chi connectivity index (χ2n) is 4.68. The van der Waals surface area contributed by atoms with Gasteiger partial charge >= 0.3 is 5.97 Å². The summed E-state index contributed by atoms with van der Waals surface area (Å²) in [6.07, 6.45) is 4.40. The number of aromatic carboxylic acids is 1. The molecule has 0 aromatic carbocycles. The number of aryl methyl sites for hydroxylation is 3. The Morgan fingerprint density at radius 3 is 2.83 bits per heavy atom. The van der Waals surface area contributed by atoms with E-state index in [0.29, 0.717) is 11.4 Å². The molecular formula is C13H14N2O2S. The molecule has 0 fully saturated rings. The smallest absolute Gasteiger partial charge is 0.339 e. The fourth-order valence-electron chi connectivity index (χ4n) is 2.71. The molecule has 0 bridgehead atoms. The van der Waals surface area contributed by atoms with Crippen molar-refractivity contribution in [3.63, 3.8) is 0 Å². The highest BCUT2D eigenvalue weighted by Gasteiger charge is 2.23. The number of carbonyl (C=O) groups is 1. The maximum atomic E-state index is 11.3. The van der Waals surface area contributed by atoms with Crippen LogP contribution in [0.1, 0.15) is 39.3 Å². The zero-order valence-corrected chi connectivity index (χ0v) is 10.9. The van der Waals surface area contributed by atoms with Gasteiger partial charge in [0.15, 0.2) is 0 Å². The lowest BCUT2D eigenvalue weighted by Gasteiger charge is -2.12. The summed E-state index contributed by atoms with van der Waals surface area (Å²) in [7, 11) is 0. The van der Waals surface area contributed by atoms with E-state index in [1.807, 2.05) is 0 Å². The molecular weight excluding hydrogens is 248 g/mol. The number of aromatic nitrogens is 1. The first-order valence-electron chi connectivity index (χ1n) is 6.03. The Balaban J connectivity index is 2.39. The van der Waals surface area contributed by atoms with Crippen molar-refractivity contribution in [2.75, 3.05) is 5.73 Å². The number of carboxylic acid groups (broad SMARTS) is 1. The van der Waals surface area contributed by atoms with Gasteiger partial charge in [0.25, 0.3) is 0 Å². The zero-order valence-electron chi connectivity index (χ0n) is 10.1. The van der Waals surface area contributed by atoms with Gasteiger partial charge in [0.05, 0.1) is 11.4 Å². The van der Waals surface area contributed by atoms with Crippen molar-refractivity contribution in [3.05, 3.63) is 21.7 Å². The van der Waals surface area contributed by atoms with Gasteiger partial charge < -0.3 is 10.8 Å². The van der Waals surface area contributed by atoms with Gasteiger partial charge in [-0.1, -0.05) is 0 Å². The van der Waals surface area contributed by atoms with Crippen LogP contribution in [-0.2, 0) is 12.8 Å². The van der Waals surface area contributed by atoms with Crippen LogP contribution in [0.5, 0.6) is 0 Å². The summed E-state index contributed by atoms with van der Waals surface area (Å²) in [5.74, 6) is -0.991. The van der Waals surface area contributed by atoms with Crippen LogP contribution in [0.25, 0.3) is 10.2 Å². The number of nitrogens with two attached hydrogens (primary N) is 1. The van der Waals surface area contributed by atoms with Crippen molar-refractivity contribution < 1.29 is 9.90 Å². The van der Waals surface area contributed by atoms with Crippen molar-refractivity contribution in [3.8, 4) is 0 Å². The summed E-state index contributed by atoms with van der Waals surface area (Å²) in [5, 5.41) is 10.1. The topological polar surface area (TPSA) is 76.2 Å². The van der Waals surface area contributed by atoms with Crippen LogP contribution in [0.3, 0.4) is 0 Å². The molecule has 4 nitrogen and oxygen atoms in total. The van der Waals surface area contributed by atoms with E-state index in [9.17, 15) is 9.90 Å². The third kappa shape index (κ3) is 1.50. The SMILES string of the molecule is Cc1nc2sc3c(c2c(N)c1C(=O)O)CCCC3. The predicted molar refractivity (Wildman–Crippen MR) is 72.4 cm³/mol. The number of hydrogen-bond acceptors (Lipinski definition) is 4. The summed E-state index contributed by atoms with van der Waals surface area (Å²) in [6, 6.07) is 0. The van der Waals surface area contributed by atoms with Crippen molar-refractivity contribution in [2.24, 2.45) is 0 Å². The molecule has 0 amide bonds. The van der Waals surface area contributed by atoms with E-state index < -0.39 is 5.97 Å². The van der Waals surface area contributed by atoms with E-state index >= 15 is 0 Å². The third-order valence-electron chi connectivity index (χ3n) is 3.54. The molecule has 94 valence electrons. The number of thiophene rings is 1. The molecule has 2 heterocycles. The Labute approximate surface area is 108 Å². The summed E-state index contributed by atoms with van der Waals surface area (Å²) in [6.45, 7) is 1.71. The van der Waals surface area contributed by atoms with Gasteiger partial charge in [-0.3, -0.25) is 0 Å². The maximum Gasteiger partial charge on any atom is 0.339 e. The number of nitrogens with zero attached hydrogens (tertiary/aromatic N) is 1. The normalized spacial score (nSPS) is 14.7. The highest BCUT2D eigenvalue weighted by atomic mass is 32.1. The van der Waals surface area contributed by atoms with Crippen LogP contribution in [0.4, 0.5) is 5.69 Å². The van der Waals surface area contributed by atoms with E-state index in [1.54, 1.807) is 18.3 Å². The molecule has 18 heavy (non-hydrogen) atoms. The molecule has 0 radical (unpaired) electrons. The molecule has 0 spiro atoms. The maximum absolute atomic E-state index is 11.3. The molecule has 3 rings (SSSR count). The number of anilines is 1. The molecule has 0 saturated heterocycles. The van der Waals surface area contributed by atoms with Crippen LogP contribution in [0.15, 0.2) is 0 Å². The first-order valence-corrected chi connectivity index (χ1v) is 6.85. The fraction of sp³-hybridized carbons (Fsp3) is 0.385. The van der Waals surface area contributed by atoms with Crippen LogP contribution in [0.2, 0.25) is 0 Å². The van der Waals surface area contributed by atoms with E-state index in [1.165, 1.54) is 16.9 Å². The highest BCUT2D eigenvalue weighted by Crippen LogP contribution is 2.40. The second-order valence-corrected chi connectivity index (χ2v) is 5.77. The summed E-state index contributed by atoms with van der Waals surface area (Å²) >= 11 is 1.66. The van der Waals surface area contributed by atoms with Crippen LogP contribution >= 0.6 is 11.3 Å². The summed E-state index contributed by atoms with van der Waals surface area (Å²) in [5.41, 5.74) is 8.36. The van der Waals surface area contributed by atoms with Crippen LogP contribution in [0, 0.1) is 6.92 Å². The zero-order chi connectivity index (χ0) is 12.9. The average Bonchev–Trinajstić information content (AvgIpc) is 2.66. The molecule has 3 N–H and O–H groups in total. The number of nitrogen functional groups attached to an aromatic ring is 1. The molecule has 1 aliphatic carbocycles. The standard InChI is InChI=1S/C13H14N2O2S/c1-6-9(13(16)17)11(14)10-7-4-2-3-5-8(7)18-12(10)15-6/h2-5H2,1H3,(H2,14,15)(H,16,17). The largest absolute Gasteiger partial charge is 0.478 e. The van der Waals surface area contributed by atoms with Gasteiger partial charge in [-0.25, -0.2) is 9.78 Å². The first-order chi connectivity index (χ1) is 8.59. The van der Waals surface area contributed by atoms with Gasteiger partial charge in [-0.2, -0.15) is 0 Å². The molecule has 2 aromatic rings. The summed E-state index contributed by atoms with van der Waals surface area (Å²) in [4.78, 5) is 17.9. The Hall–Kier alpha value is -1.62. The lowest BCUT2D eigenvalue weighted by molar-refractivity contribution is 0.0697. The minimum Gasteiger partial charge on any atom is -0.478 e. The Bertz CT molecular complexity index is 661. The van der Waals surface area contributed by atoms with E-state index in [4.69, 9.17) is 5.73 Å². The average molecular weight is 262 g/mol. The molecule has 0 aliphatic heterocycles. The Morgan fingerprint density at radius 1 is 1.39 bits per heavy atom. The molecule has 2 aromatic heterocycles. The van der Waals surface area contributed by atoms with Crippen molar-refractivity contribution in [2.45, 2.75) is 32.6 Å². The Kier molecular flexibility index (Phi) is 2.52. The number of fused-ring (bicyclic) bond motifs is 3. The minimum absolute atomic E-state index is 0.161. The number of carboxylic acids is 1. The second kappa shape index (κ2) is 3.95. The number of hydrogen-bond donors (Lipinski definition) is 2. The molecule has 1 aliphatic rings. The summed E-state index contributed by atoms with van der Waals surface area (Å²) < 4.78 is 0. The quantitative estimate of drug-likeness (QED) is 0.828. The monoisotopic (exact) mass is 262 g/mol. The molecule has 0 atom stereocenters. The highest BCUT2D eigenvalue weighted by molar-refractivity contribution is 7.19. The molecule has 0 unspecified atom stereocenters. The lowest BCUT2D eigenvalue weighted by atomic mass is 9.95. The van der Waals surface area contributed by atoms with Gasteiger partial charge in [-0.05, 0) is 38.2 Å². The minimum atomic E-state index is -0.991. The number of rotatable bonds is 1. The van der Waals surface area contributed by atoms with Crippen LogP contribution in [-0.4, -0.2) is 16.1 Å². The van der Waals surface area contributed by atoms with Gasteiger partial charge in [0, 0.05) is 10.3 Å². The van der Waals surface area contributed by atoms with E-state index in [-0.39, 0.29) is 5.56 Å². The van der Waals surface area contributed by atoms with Gasteiger partial charge in [0.1, 0.15) is 10.4 Å². The Morgan fingerprint density at radius 2 is 2.11 bits per heavy atom. The fourth-order valence-corrected chi connectivity index (χ4v) is 4.03. The molecule has 5 heteroatoms. The predicted octanol–water partition coefficient (Wildman–Crippen LogP) is 2.76. The van der Waals surface area contributed by atoms with Crippen molar-refractivity contribution in [1.29, 1.82) is 0 Å². The van der Waals surface area contributed by atoms with E-state index in [0.717, 1.165) is 29.5 Å². The van der Waals surface area contributed by atoms with Crippen LogP contribution < -0.4 is 5.73 Å². The molecule has 0 saturated carbocycles. The van der Waals surface area contributed by atoms with Gasteiger partial charge in [0.2, 0.25) is 0 Å². The number of pyridine rings is 1. The lowest BCUT2D eigenvalue weighted by Crippen LogP contribution is -2.08. The first kappa shape index (κ1) is 11.5. The van der Waals surface area contributed by atoms with Gasteiger partial charge in [-0.15, -0.1) is 11.3 Å². The van der Waals surface area contributed by atoms with Crippen molar-refractivity contribution >= 4 is 33.2 Å². The van der Waals surface area contributed by atoms with Crippen molar-refractivity contribution in [1.82, 2.24) is 4.98 Å². The third-order valence-corrected chi connectivity index (χ3v) is 4.72. The van der Waals surface area contributed by atoms with E-state index in [2.05, 4.69) is 4.98 Å².